The number of fused-ring (bicyclic) bond motifs is 1. The molecule has 2 fully saturated rings. The number of aliphatic imine (C=N–C) groups is 1. The molecule has 25 heavy (non-hydrogen) atoms. The van der Waals surface area contributed by atoms with Gasteiger partial charge in [0.15, 0.2) is 15.0 Å². The van der Waals surface area contributed by atoms with Gasteiger partial charge in [-0.05, 0) is 18.6 Å². The molecule has 0 N–H and O–H groups in total. The number of nitrogens with zero attached hydrogens (tertiary/aromatic N) is 2. The average molecular weight is 403 g/mol. The number of hydrogen-bond donors (Lipinski definition) is 0. The number of carbonyl (C=O) groups is 1. The Morgan fingerprint density at radius 3 is 2.88 bits per heavy atom. The zero-order valence-electron chi connectivity index (χ0n) is 13.9. The molecule has 0 radical (unpaired) electrons. The van der Waals surface area contributed by atoms with E-state index in [1.165, 1.54) is 18.9 Å². The quantitative estimate of drug-likeness (QED) is 0.770. The minimum absolute atomic E-state index is 0.0391. The molecule has 2 aliphatic rings. The van der Waals surface area contributed by atoms with E-state index < -0.39 is 9.84 Å². The van der Waals surface area contributed by atoms with Gasteiger partial charge in [-0.1, -0.05) is 30.3 Å². The van der Waals surface area contributed by atoms with Crippen molar-refractivity contribution in [2.75, 3.05) is 23.5 Å². The van der Waals surface area contributed by atoms with E-state index in [9.17, 15) is 13.2 Å². The number of carbonyl (C=O) groups excluding carboxylic acids is 1. The lowest BCUT2D eigenvalue weighted by Crippen LogP contribution is -2.38. The van der Waals surface area contributed by atoms with E-state index in [0.717, 1.165) is 0 Å². The third-order valence-electron chi connectivity index (χ3n) is 4.15. The molecule has 2 aliphatic heterocycles. The maximum Gasteiger partial charge on any atom is 0.248 e. The number of amidine groups is 1. The van der Waals surface area contributed by atoms with Gasteiger partial charge in [-0.15, -0.1) is 0 Å². The summed E-state index contributed by atoms with van der Waals surface area (Å²) in [5.41, 5.74) is 0.673. The molecule has 0 saturated carbocycles. The average Bonchev–Trinajstić information content (AvgIpc) is 2.98. The predicted octanol–water partition coefficient (Wildman–Crippen LogP) is 2.75. The van der Waals surface area contributed by atoms with Gasteiger partial charge in [0.05, 0.1) is 30.3 Å². The van der Waals surface area contributed by atoms with Crippen LogP contribution in [0, 0.1) is 0 Å². The van der Waals surface area contributed by atoms with Gasteiger partial charge < -0.3 is 9.64 Å². The summed E-state index contributed by atoms with van der Waals surface area (Å²) < 4.78 is 29.5. The first-order chi connectivity index (χ1) is 11.8. The molecule has 0 aliphatic carbocycles. The predicted molar refractivity (Wildman–Crippen MR) is 102 cm³/mol. The van der Waals surface area contributed by atoms with Gasteiger partial charge in [-0.25, -0.2) is 8.42 Å². The topological polar surface area (TPSA) is 76.0 Å². The first-order valence-corrected chi connectivity index (χ1v) is 11.0. The van der Waals surface area contributed by atoms with Crippen LogP contribution in [0.2, 0.25) is 5.02 Å². The molecular formula is C16H19ClN2O4S2. The molecule has 0 aromatic heterocycles. The van der Waals surface area contributed by atoms with Crippen molar-refractivity contribution in [3.63, 3.8) is 0 Å². The lowest BCUT2D eigenvalue weighted by Gasteiger charge is -2.26. The van der Waals surface area contributed by atoms with E-state index in [1.54, 1.807) is 18.2 Å². The SMILES string of the molecule is CCCC(=O)N=C1S[C@@H]2CS(=O)(=O)C[C@H]2N1c1ccc(Cl)cc1OC. The number of benzene rings is 1. The largest absolute Gasteiger partial charge is 0.495 e. The van der Waals surface area contributed by atoms with Crippen LogP contribution in [0.5, 0.6) is 5.75 Å². The molecule has 2 heterocycles. The van der Waals surface area contributed by atoms with Crippen LogP contribution in [0.4, 0.5) is 5.69 Å². The Bertz CT molecular complexity index is 825. The van der Waals surface area contributed by atoms with Crippen LogP contribution in [0.15, 0.2) is 23.2 Å². The molecule has 2 atom stereocenters. The Morgan fingerprint density at radius 1 is 1.44 bits per heavy atom. The lowest BCUT2D eigenvalue weighted by molar-refractivity contribution is -0.117. The van der Waals surface area contributed by atoms with Crippen LogP contribution >= 0.6 is 23.4 Å². The third kappa shape index (κ3) is 3.80. The van der Waals surface area contributed by atoms with Crippen molar-refractivity contribution in [3.8, 4) is 5.75 Å². The van der Waals surface area contributed by atoms with Crippen LogP contribution in [-0.2, 0) is 14.6 Å². The zero-order chi connectivity index (χ0) is 18.2. The van der Waals surface area contributed by atoms with Crippen LogP contribution in [-0.4, -0.2) is 49.4 Å². The summed E-state index contributed by atoms with van der Waals surface area (Å²) in [5.74, 6) is 0.451. The van der Waals surface area contributed by atoms with E-state index in [0.29, 0.717) is 34.5 Å². The highest BCUT2D eigenvalue weighted by Crippen LogP contribution is 2.44. The minimum Gasteiger partial charge on any atom is -0.495 e. The lowest BCUT2D eigenvalue weighted by atomic mass is 10.2. The number of anilines is 1. The van der Waals surface area contributed by atoms with Crippen molar-refractivity contribution in [2.24, 2.45) is 4.99 Å². The fourth-order valence-corrected chi connectivity index (χ4v) is 7.16. The number of thioether (sulfide) groups is 1. The first kappa shape index (κ1) is 18.5. The molecule has 1 aromatic carbocycles. The monoisotopic (exact) mass is 402 g/mol. The van der Waals surface area contributed by atoms with Crippen LogP contribution in [0.25, 0.3) is 0 Å². The van der Waals surface area contributed by atoms with E-state index in [4.69, 9.17) is 16.3 Å². The molecule has 1 amide bonds. The number of amides is 1. The van der Waals surface area contributed by atoms with E-state index >= 15 is 0 Å². The number of hydrogen-bond acceptors (Lipinski definition) is 5. The molecule has 1 aromatic rings. The van der Waals surface area contributed by atoms with Crippen molar-refractivity contribution in [1.82, 2.24) is 0 Å². The normalized spacial score (nSPS) is 26.0. The summed E-state index contributed by atoms with van der Waals surface area (Å²) in [6.45, 7) is 1.92. The Labute approximate surface area is 156 Å². The Morgan fingerprint density at radius 2 is 2.20 bits per heavy atom. The Kier molecular flexibility index (Phi) is 5.31. The summed E-state index contributed by atoms with van der Waals surface area (Å²) in [7, 11) is -1.58. The van der Waals surface area contributed by atoms with Crippen molar-refractivity contribution in [1.29, 1.82) is 0 Å². The molecular weight excluding hydrogens is 384 g/mol. The molecule has 3 rings (SSSR count). The van der Waals surface area contributed by atoms with Gasteiger partial charge in [0.2, 0.25) is 5.91 Å². The molecule has 0 spiro atoms. The standard InChI is InChI=1S/C16H19ClN2O4S2/c1-3-4-15(20)18-16-19(11-6-5-10(17)7-13(11)23-2)12-8-25(21,22)9-14(12)24-16/h5-7,12,14H,3-4,8-9H2,1-2H3/t12-,14-/m1/s1. The Balaban J connectivity index is 2.05. The maximum absolute atomic E-state index is 12.1. The summed E-state index contributed by atoms with van der Waals surface area (Å²) in [6.07, 6.45) is 1.08. The second-order valence-electron chi connectivity index (χ2n) is 6.02. The second-order valence-corrected chi connectivity index (χ2v) is 9.82. The van der Waals surface area contributed by atoms with Crippen molar-refractivity contribution in [2.45, 2.75) is 31.1 Å². The first-order valence-electron chi connectivity index (χ1n) is 7.96. The highest BCUT2D eigenvalue weighted by atomic mass is 35.5. The van der Waals surface area contributed by atoms with Gasteiger partial charge in [-0.3, -0.25) is 4.79 Å². The van der Waals surface area contributed by atoms with E-state index in [1.807, 2.05) is 11.8 Å². The second kappa shape index (κ2) is 7.17. The molecule has 0 bridgehead atoms. The van der Waals surface area contributed by atoms with Crippen molar-refractivity contribution in [3.05, 3.63) is 23.2 Å². The molecule has 0 unspecified atom stereocenters. The van der Waals surface area contributed by atoms with Gasteiger partial charge >= 0.3 is 0 Å². The number of rotatable bonds is 4. The molecule has 9 heteroatoms. The number of methoxy groups -OCH3 is 1. The van der Waals surface area contributed by atoms with Gasteiger partial charge in [0.25, 0.3) is 0 Å². The number of sulfone groups is 1. The summed E-state index contributed by atoms with van der Waals surface area (Å²) in [6, 6.07) is 4.89. The van der Waals surface area contributed by atoms with Crippen LogP contribution in [0.1, 0.15) is 19.8 Å². The van der Waals surface area contributed by atoms with Crippen molar-refractivity contribution < 1.29 is 17.9 Å². The van der Waals surface area contributed by atoms with Gasteiger partial charge in [0.1, 0.15) is 5.75 Å². The molecule has 2 saturated heterocycles. The van der Waals surface area contributed by atoms with Gasteiger partial charge in [-0.2, -0.15) is 4.99 Å². The summed E-state index contributed by atoms with van der Waals surface area (Å²) in [5, 5.41) is 0.908. The molecule has 6 nitrogen and oxygen atoms in total. The van der Waals surface area contributed by atoms with Crippen LogP contribution < -0.4 is 9.64 Å². The smallest absolute Gasteiger partial charge is 0.248 e. The summed E-state index contributed by atoms with van der Waals surface area (Å²) in [4.78, 5) is 18.1. The minimum atomic E-state index is -3.11. The third-order valence-corrected chi connectivity index (χ3v) is 7.60. The fourth-order valence-electron chi connectivity index (χ4n) is 3.07. The van der Waals surface area contributed by atoms with Crippen LogP contribution in [0.3, 0.4) is 0 Å². The number of halogens is 1. The van der Waals surface area contributed by atoms with E-state index in [-0.39, 0.29) is 28.7 Å². The fraction of sp³-hybridized carbons (Fsp3) is 0.500. The number of ether oxygens (including phenoxy) is 1. The molecule has 136 valence electrons. The highest BCUT2D eigenvalue weighted by Gasteiger charge is 2.50. The van der Waals surface area contributed by atoms with Gasteiger partial charge in [0, 0.05) is 22.8 Å². The zero-order valence-corrected chi connectivity index (χ0v) is 16.3. The van der Waals surface area contributed by atoms with E-state index in [2.05, 4.69) is 4.99 Å². The highest BCUT2D eigenvalue weighted by molar-refractivity contribution is 8.16. The maximum atomic E-state index is 12.1. The van der Waals surface area contributed by atoms with Crippen molar-refractivity contribution >= 4 is 50.0 Å². The summed E-state index contributed by atoms with van der Waals surface area (Å²) >= 11 is 7.39. The Hall–Kier alpha value is -1.25.